The third kappa shape index (κ3) is 4.38. The van der Waals surface area contributed by atoms with Crippen LogP contribution in [-0.2, 0) is 16.1 Å². The number of fused-ring (bicyclic) bond motifs is 1. The van der Waals surface area contributed by atoms with Gasteiger partial charge in [0.15, 0.2) is 5.65 Å². The van der Waals surface area contributed by atoms with Crippen LogP contribution in [0, 0.1) is 9.62 Å². The molecule has 30 heavy (non-hydrogen) atoms. The van der Waals surface area contributed by atoms with Crippen LogP contribution in [0.5, 0.6) is 11.5 Å². The van der Waals surface area contributed by atoms with E-state index in [0.717, 1.165) is 57.5 Å². The van der Waals surface area contributed by atoms with Crippen molar-refractivity contribution in [2.24, 2.45) is 5.92 Å². The summed E-state index contributed by atoms with van der Waals surface area (Å²) in [6.45, 7) is 0.615. The summed E-state index contributed by atoms with van der Waals surface area (Å²) in [7, 11) is 3.11. The lowest BCUT2D eigenvalue weighted by Gasteiger charge is -2.27. The number of esters is 1. The first kappa shape index (κ1) is 20.9. The van der Waals surface area contributed by atoms with Crippen LogP contribution < -0.4 is 9.47 Å². The molecular weight excluding hydrogens is 497 g/mol. The van der Waals surface area contributed by atoms with Gasteiger partial charge >= 0.3 is 5.97 Å². The van der Waals surface area contributed by atoms with Crippen molar-refractivity contribution in [1.82, 2.24) is 14.8 Å². The molecule has 7 nitrogen and oxygen atoms in total. The molecular formula is C22H24IN3O4. The Balaban J connectivity index is 1.52. The van der Waals surface area contributed by atoms with E-state index < -0.39 is 0 Å². The zero-order valence-corrected chi connectivity index (χ0v) is 19.2. The Bertz CT molecular complexity index is 1030. The molecule has 1 aliphatic carbocycles. The van der Waals surface area contributed by atoms with E-state index in [9.17, 15) is 4.79 Å². The molecule has 0 unspecified atom stereocenters. The highest BCUT2D eigenvalue weighted by atomic mass is 127. The summed E-state index contributed by atoms with van der Waals surface area (Å²) in [4.78, 5) is 16.3. The first-order valence-corrected chi connectivity index (χ1v) is 11.1. The van der Waals surface area contributed by atoms with Gasteiger partial charge in [0.1, 0.15) is 15.2 Å². The Labute approximate surface area is 188 Å². The monoisotopic (exact) mass is 521 g/mol. The molecule has 1 aromatic carbocycles. The number of rotatable bonds is 6. The molecule has 0 bridgehead atoms. The van der Waals surface area contributed by atoms with Crippen LogP contribution in [0.15, 0.2) is 36.5 Å². The molecule has 4 rings (SSSR count). The highest BCUT2D eigenvalue weighted by Crippen LogP contribution is 2.33. The average molecular weight is 521 g/mol. The van der Waals surface area contributed by atoms with Crippen molar-refractivity contribution >= 4 is 39.6 Å². The number of pyridine rings is 1. The van der Waals surface area contributed by atoms with Gasteiger partial charge in [-0.15, -0.1) is 0 Å². The maximum absolute atomic E-state index is 11.7. The van der Waals surface area contributed by atoms with E-state index in [1.807, 2.05) is 35.0 Å². The molecule has 3 aromatic rings. The second-order valence-electron chi connectivity index (χ2n) is 7.42. The van der Waals surface area contributed by atoms with Gasteiger partial charge in [0, 0.05) is 6.20 Å². The highest BCUT2D eigenvalue weighted by molar-refractivity contribution is 14.1. The van der Waals surface area contributed by atoms with Gasteiger partial charge in [-0.3, -0.25) is 4.79 Å². The average Bonchev–Trinajstić information content (AvgIpc) is 3.10. The standard InChI is InChI=1S/C22H24IN3O4/c1-28-16-7-3-14(4-8-16)13-26-21-19(20(23)25-26)18(11-12-24-21)30-17-9-5-15(6-10-17)22(27)29-2/h3-4,7-8,11-12,15,17H,5-6,9-10,13H2,1-2H3/t15-,17-. The summed E-state index contributed by atoms with van der Waals surface area (Å²) >= 11 is 2.24. The minimum atomic E-state index is -0.117. The number of ether oxygens (including phenoxy) is 3. The van der Waals surface area contributed by atoms with Gasteiger partial charge in [0.25, 0.3) is 0 Å². The molecule has 0 spiro atoms. The minimum Gasteiger partial charge on any atom is -0.497 e. The van der Waals surface area contributed by atoms with Crippen LogP contribution in [0.1, 0.15) is 31.2 Å². The smallest absolute Gasteiger partial charge is 0.308 e. The molecule has 8 heteroatoms. The van der Waals surface area contributed by atoms with Crippen molar-refractivity contribution in [1.29, 1.82) is 0 Å². The maximum Gasteiger partial charge on any atom is 0.308 e. The molecule has 0 N–H and O–H groups in total. The summed E-state index contributed by atoms with van der Waals surface area (Å²) < 4.78 is 19.2. The predicted octanol–water partition coefficient (Wildman–Crippen LogP) is 4.20. The van der Waals surface area contributed by atoms with Crippen LogP contribution >= 0.6 is 22.6 Å². The number of methoxy groups -OCH3 is 2. The summed E-state index contributed by atoms with van der Waals surface area (Å²) in [6.07, 6.45) is 5.09. The van der Waals surface area contributed by atoms with Crippen molar-refractivity contribution in [3.8, 4) is 11.5 Å². The molecule has 0 aliphatic heterocycles. The summed E-state index contributed by atoms with van der Waals surface area (Å²) in [5, 5.41) is 5.63. The Hall–Kier alpha value is -2.36. The molecule has 0 saturated heterocycles. The quantitative estimate of drug-likeness (QED) is 0.358. The fourth-order valence-electron chi connectivity index (χ4n) is 3.90. The second kappa shape index (κ2) is 9.20. The Morgan fingerprint density at radius 2 is 1.87 bits per heavy atom. The Morgan fingerprint density at radius 1 is 1.13 bits per heavy atom. The lowest BCUT2D eigenvalue weighted by Crippen LogP contribution is -2.28. The predicted molar refractivity (Wildman–Crippen MR) is 121 cm³/mol. The lowest BCUT2D eigenvalue weighted by atomic mass is 9.87. The van der Waals surface area contributed by atoms with E-state index in [-0.39, 0.29) is 18.0 Å². The molecule has 1 aliphatic rings. The molecule has 2 aromatic heterocycles. The Kier molecular flexibility index (Phi) is 6.40. The van der Waals surface area contributed by atoms with E-state index in [0.29, 0.717) is 6.54 Å². The zero-order chi connectivity index (χ0) is 21.1. The minimum absolute atomic E-state index is 0.0142. The summed E-state index contributed by atoms with van der Waals surface area (Å²) in [5.41, 5.74) is 1.92. The molecule has 0 atom stereocenters. The fraction of sp³-hybridized carbons (Fsp3) is 0.409. The van der Waals surface area contributed by atoms with Crippen molar-refractivity contribution < 1.29 is 19.0 Å². The van der Waals surface area contributed by atoms with Crippen LogP contribution in [0.3, 0.4) is 0 Å². The molecule has 158 valence electrons. The van der Waals surface area contributed by atoms with Gasteiger partial charge in [0.2, 0.25) is 0 Å². The van der Waals surface area contributed by atoms with Crippen LogP contribution in [0.2, 0.25) is 0 Å². The molecule has 0 amide bonds. The van der Waals surface area contributed by atoms with Crippen molar-refractivity contribution in [3.05, 3.63) is 45.8 Å². The van der Waals surface area contributed by atoms with Gasteiger partial charge in [-0.05, 0) is 72.0 Å². The first-order valence-electron chi connectivity index (χ1n) is 9.97. The first-order chi connectivity index (χ1) is 14.6. The van der Waals surface area contributed by atoms with Gasteiger partial charge in [0.05, 0.1) is 38.2 Å². The van der Waals surface area contributed by atoms with Gasteiger partial charge in [-0.2, -0.15) is 5.10 Å². The van der Waals surface area contributed by atoms with Crippen molar-refractivity contribution in [2.45, 2.75) is 38.3 Å². The largest absolute Gasteiger partial charge is 0.497 e. The molecule has 0 radical (unpaired) electrons. The molecule has 1 saturated carbocycles. The number of benzene rings is 1. The Morgan fingerprint density at radius 3 is 2.53 bits per heavy atom. The van der Waals surface area contributed by atoms with Gasteiger partial charge in [-0.25, -0.2) is 9.67 Å². The number of nitrogens with zero attached hydrogens (tertiary/aromatic N) is 3. The SMILES string of the molecule is COc1ccc(Cn2nc(I)c3c(O[C@H]4CC[C@H](C(=O)OC)CC4)ccnc32)cc1. The topological polar surface area (TPSA) is 75.5 Å². The van der Waals surface area contributed by atoms with E-state index in [1.54, 1.807) is 13.3 Å². The van der Waals surface area contributed by atoms with Crippen LogP contribution in [0.25, 0.3) is 11.0 Å². The van der Waals surface area contributed by atoms with E-state index in [4.69, 9.17) is 19.3 Å². The van der Waals surface area contributed by atoms with Crippen LogP contribution in [0.4, 0.5) is 0 Å². The number of hydrogen-bond donors (Lipinski definition) is 0. The van der Waals surface area contributed by atoms with E-state index >= 15 is 0 Å². The summed E-state index contributed by atoms with van der Waals surface area (Å²) in [6, 6.07) is 9.84. The van der Waals surface area contributed by atoms with Crippen molar-refractivity contribution in [3.63, 3.8) is 0 Å². The normalized spacial score (nSPS) is 18.9. The third-order valence-electron chi connectivity index (χ3n) is 5.55. The maximum atomic E-state index is 11.7. The highest BCUT2D eigenvalue weighted by Gasteiger charge is 2.28. The fourth-order valence-corrected chi connectivity index (χ4v) is 4.67. The summed E-state index contributed by atoms with van der Waals surface area (Å²) in [5.74, 6) is 1.50. The zero-order valence-electron chi connectivity index (χ0n) is 17.0. The lowest BCUT2D eigenvalue weighted by molar-refractivity contribution is -0.147. The van der Waals surface area contributed by atoms with E-state index in [1.165, 1.54) is 7.11 Å². The number of aromatic nitrogens is 3. The van der Waals surface area contributed by atoms with E-state index in [2.05, 4.69) is 27.6 Å². The molecule has 1 fully saturated rings. The van der Waals surface area contributed by atoms with Crippen LogP contribution in [-0.4, -0.2) is 41.1 Å². The number of halogens is 1. The number of carbonyl (C=O) groups excluding carboxylic acids is 1. The van der Waals surface area contributed by atoms with Gasteiger partial charge in [-0.1, -0.05) is 12.1 Å². The van der Waals surface area contributed by atoms with Gasteiger partial charge < -0.3 is 14.2 Å². The molecule has 2 heterocycles. The number of hydrogen-bond acceptors (Lipinski definition) is 6. The van der Waals surface area contributed by atoms with Crippen molar-refractivity contribution in [2.75, 3.05) is 14.2 Å². The second-order valence-corrected chi connectivity index (χ2v) is 8.44. The third-order valence-corrected chi connectivity index (χ3v) is 6.30. The number of carbonyl (C=O) groups is 1.